The van der Waals surface area contributed by atoms with Crippen molar-refractivity contribution in [2.45, 2.75) is 32.7 Å². The Bertz CT molecular complexity index is 360. The lowest BCUT2D eigenvalue weighted by Crippen LogP contribution is -2.38. The minimum Gasteiger partial charge on any atom is -0.395 e. The molecule has 0 aliphatic rings. The first kappa shape index (κ1) is 12.7. The van der Waals surface area contributed by atoms with Crippen LogP contribution in [0.4, 0.5) is 5.82 Å². The number of anilines is 1. The molecule has 2 N–H and O–H groups in total. The first-order chi connectivity index (χ1) is 7.72. The van der Waals surface area contributed by atoms with Crippen molar-refractivity contribution < 1.29 is 5.11 Å². The fraction of sp³-hybridized carbons (Fsp3) is 0.636. The van der Waals surface area contributed by atoms with Crippen molar-refractivity contribution in [1.82, 2.24) is 9.97 Å². The molecule has 0 saturated heterocycles. The number of aliphatic hydroxyl groups excluding tert-OH is 1. The predicted molar refractivity (Wildman–Crippen MR) is 63.7 cm³/mol. The molecule has 1 aromatic heterocycles. The van der Waals surface area contributed by atoms with Crippen LogP contribution in [-0.2, 0) is 0 Å². The van der Waals surface area contributed by atoms with Crippen LogP contribution < -0.4 is 10.5 Å². The van der Waals surface area contributed by atoms with Crippen molar-refractivity contribution in [3.63, 3.8) is 0 Å². The van der Waals surface area contributed by atoms with E-state index in [1.807, 2.05) is 4.90 Å². The Kier molecular flexibility index (Phi) is 4.98. The quantitative estimate of drug-likeness (QED) is 0.750. The fourth-order valence-corrected chi connectivity index (χ4v) is 1.84. The second-order valence-electron chi connectivity index (χ2n) is 3.66. The molecule has 0 unspecified atom stereocenters. The van der Waals surface area contributed by atoms with Gasteiger partial charge in [0.25, 0.3) is 5.56 Å². The van der Waals surface area contributed by atoms with Crippen LogP contribution in [0.25, 0.3) is 0 Å². The highest BCUT2D eigenvalue weighted by Gasteiger charge is 2.16. The number of rotatable bonds is 6. The number of aromatic nitrogens is 2. The van der Waals surface area contributed by atoms with E-state index in [1.165, 1.54) is 12.4 Å². The minimum atomic E-state index is -0.168. The van der Waals surface area contributed by atoms with Gasteiger partial charge in [0.1, 0.15) is 5.82 Å². The minimum absolute atomic E-state index is 0.0605. The summed E-state index contributed by atoms with van der Waals surface area (Å²) in [6.07, 6.45) is 3.32. The van der Waals surface area contributed by atoms with Crippen molar-refractivity contribution in [3.05, 3.63) is 22.7 Å². The third-order valence-corrected chi connectivity index (χ3v) is 2.68. The van der Waals surface area contributed by atoms with Crippen LogP contribution in [0.3, 0.4) is 0 Å². The molecular formula is C11H19N3O2. The van der Waals surface area contributed by atoms with Gasteiger partial charge >= 0.3 is 0 Å². The van der Waals surface area contributed by atoms with Crippen LogP contribution in [-0.4, -0.2) is 34.3 Å². The smallest absolute Gasteiger partial charge is 0.252 e. The Morgan fingerprint density at radius 2 is 2.19 bits per heavy atom. The lowest BCUT2D eigenvalue weighted by Gasteiger charge is -2.30. The third-order valence-electron chi connectivity index (χ3n) is 2.68. The summed E-state index contributed by atoms with van der Waals surface area (Å²) in [6.45, 7) is 4.74. The van der Waals surface area contributed by atoms with E-state index in [4.69, 9.17) is 5.11 Å². The van der Waals surface area contributed by atoms with Crippen LogP contribution in [0.15, 0.2) is 17.2 Å². The van der Waals surface area contributed by atoms with Gasteiger partial charge in [-0.1, -0.05) is 13.8 Å². The van der Waals surface area contributed by atoms with Gasteiger partial charge in [-0.25, -0.2) is 4.98 Å². The van der Waals surface area contributed by atoms with Crippen molar-refractivity contribution in [2.24, 2.45) is 0 Å². The van der Waals surface area contributed by atoms with Crippen molar-refractivity contribution >= 4 is 5.82 Å². The van der Waals surface area contributed by atoms with E-state index in [0.29, 0.717) is 18.4 Å². The Morgan fingerprint density at radius 3 is 2.69 bits per heavy atom. The molecule has 1 rings (SSSR count). The third kappa shape index (κ3) is 3.06. The van der Waals surface area contributed by atoms with Gasteiger partial charge in [0.15, 0.2) is 0 Å². The molecule has 0 spiro atoms. The van der Waals surface area contributed by atoms with E-state index < -0.39 is 0 Å². The molecule has 0 atom stereocenters. The van der Waals surface area contributed by atoms with Gasteiger partial charge in [-0.3, -0.25) is 4.79 Å². The van der Waals surface area contributed by atoms with Crippen LogP contribution in [0, 0.1) is 0 Å². The van der Waals surface area contributed by atoms with Gasteiger partial charge < -0.3 is 15.0 Å². The van der Waals surface area contributed by atoms with Gasteiger partial charge in [-0.15, -0.1) is 0 Å². The van der Waals surface area contributed by atoms with E-state index in [-0.39, 0.29) is 12.2 Å². The average Bonchev–Trinajstić information content (AvgIpc) is 2.29. The summed E-state index contributed by atoms with van der Waals surface area (Å²) in [5.74, 6) is 0.631. The normalized spacial score (nSPS) is 10.8. The lowest BCUT2D eigenvalue weighted by molar-refractivity contribution is 0.295. The van der Waals surface area contributed by atoms with Gasteiger partial charge in [0, 0.05) is 18.7 Å². The molecule has 0 saturated carbocycles. The summed E-state index contributed by atoms with van der Waals surface area (Å²) in [5.41, 5.74) is -0.168. The van der Waals surface area contributed by atoms with Gasteiger partial charge in [-0.2, -0.15) is 0 Å². The maximum Gasteiger partial charge on any atom is 0.252 e. The first-order valence-corrected chi connectivity index (χ1v) is 5.65. The highest BCUT2D eigenvalue weighted by molar-refractivity contribution is 5.37. The standard InChI is InChI=1S/C11H19N3O2/c1-3-9(4-2)14(5-6-15)10-7-11(16)13-8-12-10/h7-9,15H,3-6H2,1-2H3,(H,12,13,16). The van der Waals surface area contributed by atoms with Gasteiger partial charge in [-0.05, 0) is 12.8 Å². The maximum absolute atomic E-state index is 11.2. The maximum atomic E-state index is 11.2. The van der Waals surface area contributed by atoms with E-state index in [9.17, 15) is 4.79 Å². The van der Waals surface area contributed by atoms with Crippen molar-refractivity contribution in [1.29, 1.82) is 0 Å². The molecule has 1 aromatic rings. The number of hydrogen-bond donors (Lipinski definition) is 2. The predicted octanol–water partition coefficient (Wildman–Crippen LogP) is 0.757. The van der Waals surface area contributed by atoms with Crippen LogP contribution in [0.5, 0.6) is 0 Å². The first-order valence-electron chi connectivity index (χ1n) is 5.65. The second kappa shape index (κ2) is 6.27. The highest BCUT2D eigenvalue weighted by Crippen LogP contribution is 2.15. The number of aromatic amines is 1. The Labute approximate surface area is 95.1 Å². The molecule has 5 nitrogen and oxygen atoms in total. The van der Waals surface area contributed by atoms with E-state index >= 15 is 0 Å². The molecule has 0 bridgehead atoms. The van der Waals surface area contributed by atoms with Crippen LogP contribution in [0.1, 0.15) is 26.7 Å². The van der Waals surface area contributed by atoms with E-state index in [2.05, 4.69) is 23.8 Å². The largest absolute Gasteiger partial charge is 0.395 e. The monoisotopic (exact) mass is 225 g/mol. The van der Waals surface area contributed by atoms with Crippen molar-refractivity contribution in [3.8, 4) is 0 Å². The summed E-state index contributed by atoms with van der Waals surface area (Å²) in [5, 5.41) is 9.05. The number of hydrogen-bond acceptors (Lipinski definition) is 4. The fourth-order valence-electron chi connectivity index (χ4n) is 1.84. The van der Waals surface area contributed by atoms with Crippen LogP contribution in [0.2, 0.25) is 0 Å². The molecular weight excluding hydrogens is 206 g/mol. The summed E-state index contributed by atoms with van der Waals surface area (Å²) in [7, 11) is 0. The number of nitrogens with one attached hydrogen (secondary N) is 1. The molecule has 0 aliphatic heterocycles. The van der Waals surface area contributed by atoms with Crippen LogP contribution >= 0.6 is 0 Å². The zero-order valence-electron chi connectivity index (χ0n) is 9.81. The molecule has 90 valence electrons. The Morgan fingerprint density at radius 1 is 1.50 bits per heavy atom. The van der Waals surface area contributed by atoms with Crippen molar-refractivity contribution in [2.75, 3.05) is 18.1 Å². The number of H-pyrrole nitrogens is 1. The average molecular weight is 225 g/mol. The molecule has 16 heavy (non-hydrogen) atoms. The van der Waals surface area contributed by atoms with E-state index in [0.717, 1.165) is 12.8 Å². The molecule has 5 heteroatoms. The second-order valence-corrected chi connectivity index (χ2v) is 3.66. The van der Waals surface area contributed by atoms with Gasteiger partial charge in [0.05, 0.1) is 12.9 Å². The summed E-state index contributed by atoms with van der Waals surface area (Å²) >= 11 is 0. The number of aliphatic hydroxyl groups is 1. The number of nitrogens with zero attached hydrogens (tertiary/aromatic N) is 2. The highest BCUT2D eigenvalue weighted by atomic mass is 16.3. The van der Waals surface area contributed by atoms with Gasteiger partial charge in [0.2, 0.25) is 0 Å². The topological polar surface area (TPSA) is 69.2 Å². The molecule has 0 aromatic carbocycles. The lowest BCUT2D eigenvalue weighted by atomic mass is 10.1. The summed E-state index contributed by atoms with van der Waals surface area (Å²) < 4.78 is 0. The summed E-state index contributed by atoms with van der Waals surface area (Å²) in [4.78, 5) is 19.8. The molecule has 0 amide bonds. The summed E-state index contributed by atoms with van der Waals surface area (Å²) in [6, 6.07) is 1.77. The zero-order valence-corrected chi connectivity index (χ0v) is 9.81. The Hall–Kier alpha value is -1.36. The molecule has 0 aliphatic carbocycles. The zero-order chi connectivity index (χ0) is 12.0. The molecule has 1 heterocycles. The Balaban J connectivity index is 2.96. The SMILES string of the molecule is CCC(CC)N(CCO)c1cc(=O)[nH]cn1. The van der Waals surface area contributed by atoms with E-state index in [1.54, 1.807) is 0 Å². The molecule has 0 fully saturated rings. The molecule has 0 radical (unpaired) electrons.